The quantitative estimate of drug-likeness (QED) is 0.701. The third-order valence-electron chi connectivity index (χ3n) is 2.38. The first-order chi connectivity index (χ1) is 6.19. The van der Waals surface area contributed by atoms with Gasteiger partial charge in [-0.05, 0) is 19.8 Å². The molecule has 1 aliphatic heterocycles. The first-order valence-corrected chi connectivity index (χ1v) is 4.77. The van der Waals surface area contributed by atoms with Crippen LogP contribution in [0.3, 0.4) is 0 Å². The summed E-state index contributed by atoms with van der Waals surface area (Å²) in [6.45, 7) is 4.51. The molecule has 0 aromatic carbocycles. The molecule has 0 bridgehead atoms. The summed E-state index contributed by atoms with van der Waals surface area (Å²) in [5, 5.41) is 5.80. The van der Waals surface area contributed by atoms with Crippen LogP contribution in [0.15, 0.2) is 5.10 Å². The van der Waals surface area contributed by atoms with E-state index in [1.165, 1.54) is 0 Å². The number of hydrogen-bond donors (Lipinski definition) is 1. The van der Waals surface area contributed by atoms with Gasteiger partial charge in [-0.2, -0.15) is 5.10 Å². The predicted octanol–water partition coefficient (Wildman–Crippen LogP) is 0.722. The average Bonchev–Trinajstić information content (AvgIpc) is 2.17. The molecule has 2 N–H and O–H groups in total. The van der Waals surface area contributed by atoms with Crippen molar-refractivity contribution in [3.05, 3.63) is 0 Å². The monoisotopic (exact) mass is 183 g/mol. The van der Waals surface area contributed by atoms with Gasteiger partial charge < -0.3 is 5.73 Å². The van der Waals surface area contributed by atoms with Crippen molar-refractivity contribution in [1.29, 1.82) is 0 Å². The molecule has 0 aliphatic carbocycles. The number of hydrazone groups is 1. The van der Waals surface area contributed by atoms with Crippen LogP contribution in [0.1, 0.15) is 33.1 Å². The Bertz CT molecular complexity index is 225. The maximum Gasteiger partial charge on any atom is 0.243 e. The summed E-state index contributed by atoms with van der Waals surface area (Å²) in [5.74, 6) is 0.117. The van der Waals surface area contributed by atoms with Gasteiger partial charge in [-0.3, -0.25) is 4.79 Å². The zero-order valence-corrected chi connectivity index (χ0v) is 8.29. The van der Waals surface area contributed by atoms with E-state index in [0.717, 1.165) is 18.6 Å². The zero-order chi connectivity index (χ0) is 9.84. The van der Waals surface area contributed by atoms with Gasteiger partial charge in [-0.25, -0.2) is 5.01 Å². The Morgan fingerprint density at radius 2 is 2.31 bits per heavy atom. The van der Waals surface area contributed by atoms with Crippen molar-refractivity contribution >= 4 is 11.6 Å². The van der Waals surface area contributed by atoms with E-state index in [4.69, 9.17) is 5.73 Å². The van der Waals surface area contributed by atoms with Gasteiger partial charge in [-0.1, -0.05) is 6.92 Å². The molecule has 1 unspecified atom stereocenters. The van der Waals surface area contributed by atoms with Gasteiger partial charge in [0.1, 0.15) is 0 Å². The van der Waals surface area contributed by atoms with Crippen molar-refractivity contribution < 1.29 is 4.79 Å². The van der Waals surface area contributed by atoms with Crippen LogP contribution in [0.4, 0.5) is 0 Å². The average molecular weight is 183 g/mol. The fraction of sp³-hybridized carbons (Fsp3) is 0.778. The molecule has 1 amide bonds. The van der Waals surface area contributed by atoms with Gasteiger partial charge in [-0.15, -0.1) is 0 Å². The first-order valence-electron chi connectivity index (χ1n) is 4.77. The second-order valence-electron chi connectivity index (χ2n) is 3.37. The van der Waals surface area contributed by atoms with Crippen molar-refractivity contribution in [3.8, 4) is 0 Å². The summed E-state index contributed by atoms with van der Waals surface area (Å²) >= 11 is 0. The molecule has 74 valence electrons. The lowest BCUT2D eigenvalue weighted by Gasteiger charge is -2.27. The Kier molecular flexibility index (Phi) is 3.42. The summed E-state index contributed by atoms with van der Waals surface area (Å²) < 4.78 is 0. The molecule has 0 spiro atoms. The highest BCUT2D eigenvalue weighted by Crippen LogP contribution is 2.13. The molecule has 0 aromatic heterocycles. The van der Waals surface area contributed by atoms with Crippen molar-refractivity contribution in [2.24, 2.45) is 10.8 Å². The summed E-state index contributed by atoms with van der Waals surface area (Å²) in [6, 6.07) is 0.189. The topological polar surface area (TPSA) is 58.7 Å². The van der Waals surface area contributed by atoms with E-state index in [1.54, 1.807) is 5.01 Å². The molecule has 1 heterocycles. The highest BCUT2D eigenvalue weighted by molar-refractivity contribution is 5.93. The number of carbonyl (C=O) groups excluding carboxylic acids is 1. The van der Waals surface area contributed by atoms with E-state index in [1.807, 2.05) is 13.8 Å². The van der Waals surface area contributed by atoms with Crippen LogP contribution in [-0.4, -0.2) is 29.2 Å². The number of nitrogens with two attached hydrogens (primary N) is 1. The maximum atomic E-state index is 11.4. The summed E-state index contributed by atoms with van der Waals surface area (Å²) in [7, 11) is 0. The van der Waals surface area contributed by atoms with E-state index in [9.17, 15) is 4.79 Å². The Balaban J connectivity index is 2.74. The van der Waals surface area contributed by atoms with Gasteiger partial charge in [0, 0.05) is 13.0 Å². The standard InChI is InChI=1S/C9H17N3O/c1-3-7(2)12-9(13)5-4-8(6-10)11-12/h7H,3-6,10H2,1-2H3. The minimum Gasteiger partial charge on any atom is -0.325 e. The normalized spacial score (nSPS) is 20.1. The molecule has 0 fully saturated rings. The molecule has 1 aliphatic rings. The molecule has 4 nitrogen and oxygen atoms in total. The van der Waals surface area contributed by atoms with E-state index in [2.05, 4.69) is 5.10 Å². The molecular weight excluding hydrogens is 166 g/mol. The van der Waals surface area contributed by atoms with Gasteiger partial charge in [0.15, 0.2) is 0 Å². The Morgan fingerprint density at radius 3 is 2.85 bits per heavy atom. The highest BCUT2D eigenvalue weighted by Gasteiger charge is 2.22. The number of hydrogen-bond acceptors (Lipinski definition) is 3. The van der Waals surface area contributed by atoms with Gasteiger partial charge in [0.25, 0.3) is 0 Å². The lowest BCUT2D eigenvalue weighted by atomic mass is 10.1. The molecule has 0 saturated carbocycles. The van der Waals surface area contributed by atoms with Crippen molar-refractivity contribution in [2.75, 3.05) is 6.54 Å². The fourth-order valence-electron chi connectivity index (χ4n) is 1.28. The third kappa shape index (κ3) is 2.28. The van der Waals surface area contributed by atoms with Crippen LogP contribution >= 0.6 is 0 Å². The van der Waals surface area contributed by atoms with Crippen molar-refractivity contribution in [1.82, 2.24) is 5.01 Å². The molecule has 0 aromatic rings. The molecule has 13 heavy (non-hydrogen) atoms. The number of amides is 1. The second-order valence-corrected chi connectivity index (χ2v) is 3.37. The second kappa shape index (κ2) is 4.37. The van der Waals surface area contributed by atoms with Gasteiger partial charge >= 0.3 is 0 Å². The zero-order valence-electron chi connectivity index (χ0n) is 8.29. The molecule has 1 rings (SSSR count). The van der Waals surface area contributed by atoms with Crippen LogP contribution in [-0.2, 0) is 4.79 Å². The molecular formula is C9H17N3O. The summed E-state index contributed by atoms with van der Waals surface area (Å²) in [6.07, 6.45) is 2.20. The Labute approximate surface area is 78.8 Å². The Morgan fingerprint density at radius 1 is 1.62 bits per heavy atom. The number of rotatable bonds is 3. The van der Waals surface area contributed by atoms with E-state index >= 15 is 0 Å². The Hall–Kier alpha value is -0.900. The SMILES string of the molecule is CCC(C)N1N=C(CN)CCC1=O. The van der Waals surface area contributed by atoms with E-state index < -0.39 is 0 Å². The molecule has 1 atom stereocenters. The summed E-state index contributed by atoms with van der Waals surface area (Å²) in [5.41, 5.74) is 6.41. The predicted molar refractivity (Wildman–Crippen MR) is 52.3 cm³/mol. The van der Waals surface area contributed by atoms with Crippen LogP contribution in [0.25, 0.3) is 0 Å². The molecule has 0 radical (unpaired) electrons. The number of nitrogens with zero attached hydrogens (tertiary/aromatic N) is 2. The largest absolute Gasteiger partial charge is 0.325 e. The number of carbonyl (C=O) groups is 1. The minimum absolute atomic E-state index is 0.117. The van der Waals surface area contributed by atoms with Gasteiger partial charge in [0.2, 0.25) is 5.91 Å². The maximum absolute atomic E-state index is 11.4. The highest BCUT2D eigenvalue weighted by atomic mass is 16.2. The van der Waals surface area contributed by atoms with Crippen molar-refractivity contribution in [3.63, 3.8) is 0 Å². The lowest BCUT2D eigenvalue weighted by molar-refractivity contribution is -0.133. The van der Waals surface area contributed by atoms with Crippen LogP contribution in [0.5, 0.6) is 0 Å². The molecule has 0 saturated heterocycles. The van der Waals surface area contributed by atoms with Gasteiger partial charge in [0.05, 0.1) is 11.8 Å². The summed E-state index contributed by atoms with van der Waals surface area (Å²) in [4.78, 5) is 11.4. The first kappa shape index (κ1) is 10.2. The third-order valence-corrected chi connectivity index (χ3v) is 2.38. The fourth-order valence-corrected chi connectivity index (χ4v) is 1.28. The smallest absolute Gasteiger partial charge is 0.243 e. The lowest BCUT2D eigenvalue weighted by Crippen LogP contribution is -2.39. The van der Waals surface area contributed by atoms with E-state index in [0.29, 0.717) is 13.0 Å². The van der Waals surface area contributed by atoms with Crippen LogP contribution < -0.4 is 5.73 Å². The minimum atomic E-state index is 0.117. The van der Waals surface area contributed by atoms with E-state index in [-0.39, 0.29) is 11.9 Å². The van der Waals surface area contributed by atoms with Crippen LogP contribution in [0.2, 0.25) is 0 Å². The molecule has 4 heteroatoms. The van der Waals surface area contributed by atoms with Crippen molar-refractivity contribution in [2.45, 2.75) is 39.2 Å². The van der Waals surface area contributed by atoms with Crippen LogP contribution in [0, 0.1) is 0 Å².